The molecule has 4 unspecified atom stereocenters. The third kappa shape index (κ3) is 3.87. The van der Waals surface area contributed by atoms with Gasteiger partial charge in [0.15, 0.2) is 0 Å². The Bertz CT molecular complexity index is 444. The second kappa shape index (κ2) is 7.25. The highest BCUT2D eigenvalue weighted by atomic mass is 16.5. The Balaban J connectivity index is 2.13. The van der Waals surface area contributed by atoms with Crippen LogP contribution in [-0.2, 0) is 23.9 Å². The molecule has 22 heavy (non-hydrogen) atoms. The van der Waals surface area contributed by atoms with Crippen LogP contribution < -0.4 is 0 Å². The van der Waals surface area contributed by atoms with Crippen LogP contribution in [0.2, 0.25) is 0 Å². The zero-order valence-electron chi connectivity index (χ0n) is 13.7. The third-order valence-electron chi connectivity index (χ3n) is 5.31. The molecule has 2 rings (SSSR count). The summed E-state index contributed by atoms with van der Waals surface area (Å²) < 4.78 is 10.4. The maximum atomic E-state index is 12.3. The summed E-state index contributed by atoms with van der Waals surface area (Å²) in [4.78, 5) is 34.5. The summed E-state index contributed by atoms with van der Waals surface area (Å²) in [5.74, 6) is 0.673. The summed E-state index contributed by atoms with van der Waals surface area (Å²) in [5.41, 5.74) is 0. The van der Waals surface area contributed by atoms with E-state index in [1.807, 2.05) is 6.92 Å². The van der Waals surface area contributed by atoms with E-state index in [2.05, 4.69) is 0 Å². The maximum absolute atomic E-state index is 12.3. The molecule has 5 atom stereocenters. The van der Waals surface area contributed by atoms with Crippen LogP contribution in [0.25, 0.3) is 0 Å². The van der Waals surface area contributed by atoms with Gasteiger partial charge >= 0.3 is 11.9 Å². The number of hydrogen-bond acceptors (Lipinski definition) is 5. The zero-order valence-corrected chi connectivity index (χ0v) is 13.7. The zero-order chi connectivity index (χ0) is 16.3. The highest BCUT2D eigenvalue weighted by Gasteiger charge is 2.47. The number of hydrogen-bond donors (Lipinski definition) is 0. The van der Waals surface area contributed by atoms with Gasteiger partial charge in [0.05, 0.1) is 13.2 Å². The number of carbonyl (C=O) groups excluding carboxylic acids is 3. The van der Waals surface area contributed by atoms with E-state index in [1.165, 1.54) is 13.8 Å². The molecule has 2 fully saturated rings. The van der Waals surface area contributed by atoms with Gasteiger partial charge in [0.2, 0.25) is 0 Å². The van der Waals surface area contributed by atoms with Crippen LogP contribution in [0.3, 0.4) is 0 Å². The fourth-order valence-electron chi connectivity index (χ4n) is 4.30. The molecule has 5 heteroatoms. The van der Waals surface area contributed by atoms with E-state index in [0.29, 0.717) is 31.5 Å². The number of esters is 2. The summed E-state index contributed by atoms with van der Waals surface area (Å²) in [6.45, 7) is 5.53. The molecule has 0 spiro atoms. The van der Waals surface area contributed by atoms with Crippen molar-refractivity contribution in [3.05, 3.63) is 0 Å². The first-order valence-electron chi connectivity index (χ1n) is 8.19. The molecule has 0 bridgehead atoms. The normalized spacial score (nSPS) is 34.7. The number of ether oxygens (including phenoxy) is 2. The smallest absolute Gasteiger partial charge is 0.302 e. The fraction of sp³-hybridized carbons (Fsp3) is 0.824. The van der Waals surface area contributed by atoms with Crippen molar-refractivity contribution in [3.8, 4) is 0 Å². The Hall–Kier alpha value is -1.39. The third-order valence-corrected chi connectivity index (χ3v) is 5.31. The predicted octanol–water partition coefficient (Wildman–Crippen LogP) is 2.37. The molecule has 0 aromatic carbocycles. The maximum Gasteiger partial charge on any atom is 0.302 e. The van der Waals surface area contributed by atoms with Gasteiger partial charge in [-0.1, -0.05) is 13.3 Å². The average molecular weight is 310 g/mol. The minimum Gasteiger partial charge on any atom is -0.466 e. The minimum atomic E-state index is -0.310. The first kappa shape index (κ1) is 17.0. The lowest BCUT2D eigenvalue weighted by Gasteiger charge is -2.47. The second-order valence-electron chi connectivity index (χ2n) is 6.76. The largest absolute Gasteiger partial charge is 0.466 e. The highest BCUT2D eigenvalue weighted by Crippen LogP contribution is 2.48. The Morgan fingerprint density at radius 1 is 1.05 bits per heavy atom. The average Bonchev–Trinajstić information content (AvgIpc) is 2.47. The molecule has 0 saturated heterocycles. The quantitative estimate of drug-likeness (QED) is 0.746. The molecule has 0 N–H and O–H groups in total. The Morgan fingerprint density at radius 2 is 1.64 bits per heavy atom. The van der Waals surface area contributed by atoms with Gasteiger partial charge in [-0.05, 0) is 30.6 Å². The van der Waals surface area contributed by atoms with E-state index in [4.69, 9.17) is 9.47 Å². The molecule has 0 aromatic heterocycles. The van der Waals surface area contributed by atoms with Crippen molar-refractivity contribution >= 4 is 17.7 Å². The summed E-state index contributed by atoms with van der Waals surface area (Å²) in [6.07, 6.45) is 3.56. The van der Waals surface area contributed by atoms with Gasteiger partial charge in [-0.3, -0.25) is 14.4 Å². The van der Waals surface area contributed by atoms with Gasteiger partial charge < -0.3 is 9.47 Å². The van der Waals surface area contributed by atoms with Crippen molar-refractivity contribution in [1.29, 1.82) is 0 Å². The summed E-state index contributed by atoms with van der Waals surface area (Å²) in [6, 6.07) is 0. The summed E-state index contributed by atoms with van der Waals surface area (Å²) in [5, 5.41) is 0. The van der Waals surface area contributed by atoms with Gasteiger partial charge in [-0.2, -0.15) is 0 Å². The van der Waals surface area contributed by atoms with Crippen LogP contribution in [0.5, 0.6) is 0 Å². The number of fused-ring (bicyclic) bond motifs is 1. The van der Waals surface area contributed by atoms with E-state index in [-0.39, 0.29) is 35.5 Å². The molecule has 0 aliphatic heterocycles. The molecular formula is C17H26O5. The second-order valence-corrected chi connectivity index (χ2v) is 6.76. The molecule has 2 aliphatic rings. The van der Waals surface area contributed by atoms with Gasteiger partial charge in [0, 0.05) is 32.1 Å². The highest BCUT2D eigenvalue weighted by molar-refractivity contribution is 5.82. The lowest BCUT2D eigenvalue weighted by Crippen LogP contribution is -2.47. The van der Waals surface area contributed by atoms with Crippen LogP contribution in [0.15, 0.2) is 0 Å². The van der Waals surface area contributed by atoms with Crippen LogP contribution in [0.4, 0.5) is 0 Å². The van der Waals surface area contributed by atoms with E-state index >= 15 is 0 Å². The van der Waals surface area contributed by atoms with Gasteiger partial charge in [0.1, 0.15) is 5.78 Å². The lowest BCUT2D eigenvalue weighted by atomic mass is 9.57. The minimum absolute atomic E-state index is 0.0541. The van der Waals surface area contributed by atoms with Crippen molar-refractivity contribution < 1.29 is 23.9 Å². The standard InChI is InChI=1S/C17H26O5/c1-10-15-6-4-5-13(8-21-11(2)18)17(15)14(7-16(10)20)9-22-12(3)19/h10,13-15,17H,4-9H2,1-3H3/t10?,13?,14-,15?,17?/m1/s1. The van der Waals surface area contributed by atoms with Crippen molar-refractivity contribution in [1.82, 2.24) is 0 Å². The number of ketones is 1. The van der Waals surface area contributed by atoms with E-state index in [9.17, 15) is 14.4 Å². The predicted molar refractivity (Wildman–Crippen MR) is 79.9 cm³/mol. The monoisotopic (exact) mass is 310 g/mol. The fourth-order valence-corrected chi connectivity index (χ4v) is 4.30. The SMILES string of the molecule is CC(=O)OCC1CCCC2C(C)C(=O)C[C@H](COC(C)=O)C12. The Labute approximate surface area is 131 Å². The lowest BCUT2D eigenvalue weighted by molar-refractivity contribution is -0.152. The van der Waals surface area contributed by atoms with Crippen molar-refractivity contribution in [2.45, 2.75) is 46.5 Å². The molecule has 124 valence electrons. The Morgan fingerprint density at radius 3 is 2.23 bits per heavy atom. The molecular weight excluding hydrogens is 284 g/mol. The van der Waals surface area contributed by atoms with Crippen LogP contribution in [-0.4, -0.2) is 30.9 Å². The first-order chi connectivity index (χ1) is 10.4. The molecule has 0 radical (unpaired) electrons. The molecule has 5 nitrogen and oxygen atoms in total. The molecule has 0 heterocycles. The van der Waals surface area contributed by atoms with Crippen LogP contribution in [0.1, 0.15) is 46.5 Å². The summed E-state index contributed by atoms with van der Waals surface area (Å²) >= 11 is 0. The molecule has 0 aromatic rings. The Kier molecular flexibility index (Phi) is 5.59. The number of carbonyl (C=O) groups is 3. The van der Waals surface area contributed by atoms with Crippen LogP contribution >= 0.6 is 0 Å². The van der Waals surface area contributed by atoms with Crippen molar-refractivity contribution in [2.75, 3.05) is 13.2 Å². The van der Waals surface area contributed by atoms with Crippen LogP contribution in [0, 0.1) is 29.6 Å². The van der Waals surface area contributed by atoms with Gasteiger partial charge in [0.25, 0.3) is 0 Å². The molecule has 0 amide bonds. The molecule has 2 saturated carbocycles. The topological polar surface area (TPSA) is 69.7 Å². The first-order valence-corrected chi connectivity index (χ1v) is 8.19. The van der Waals surface area contributed by atoms with Crippen molar-refractivity contribution in [3.63, 3.8) is 0 Å². The van der Waals surface area contributed by atoms with Gasteiger partial charge in [-0.25, -0.2) is 0 Å². The van der Waals surface area contributed by atoms with Crippen molar-refractivity contribution in [2.24, 2.45) is 29.6 Å². The molecule has 2 aliphatic carbocycles. The van der Waals surface area contributed by atoms with E-state index < -0.39 is 0 Å². The van der Waals surface area contributed by atoms with E-state index in [0.717, 1.165) is 19.3 Å². The summed E-state index contributed by atoms with van der Waals surface area (Å²) in [7, 11) is 0. The van der Waals surface area contributed by atoms with E-state index in [1.54, 1.807) is 0 Å². The van der Waals surface area contributed by atoms with Gasteiger partial charge in [-0.15, -0.1) is 0 Å². The number of Topliss-reactive ketones (excluding diaryl/α,β-unsaturated/α-hetero) is 1. The number of rotatable bonds is 4.